The smallest absolute Gasteiger partial charge is 0.305 e. The van der Waals surface area contributed by atoms with Gasteiger partial charge in [-0.05, 0) is 12.8 Å². The van der Waals surface area contributed by atoms with Gasteiger partial charge >= 0.3 is 5.97 Å². The second kappa shape index (κ2) is 51.0. The minimum Gasteiger partial charge on any atom is -0.463 e. The van der Waals surface area contributed by atoms with Gasteiger partial charge in [0.2, 0.25) is 0 Å². The SMILES string of the molecule is CCCCCCCCOCCOCCOCCOCCOCCOCCOCCOCCOCCOCCOCCOCCOC(=O)CCCCCCCC. The summed E-state index contributed by atoms with van der Waals surface area (Å²) in [7, 11) is 0. The molecule has 0 aliphatic rings. The summed E-state index contributed by atoms with van der Waals surface area (Å²) in [4.78, 5) is 11.7. The van der Waals surface area contributed by atoms with Crippen molar-refractivity contribution in [3.05, 3.63) is 0 Å². The van der Waals surface area contributed by atoms with Crippen LogP contribution in [0.4, 0.5) is 0 Å². The van der Waals surface area contributed by atoms with Crippen molar-refractivity contribution in [3.63, 3.8) is 0 Å². The Bertz CT molecular complexity index is 706. The van der Waals surface area contributed by atoms with Crippen LogP contribution in [0, 0.1) is 0 Å². The van der Waals surface area contributed by atoms with Crippen molar-refractivity contribution in [2.45, 2.75) is 97.3 Å². The Morgan fingerprint density at radius 3 is 0.764 bits per heavy atom. The molecule has 0 atom stereocenters. The van der Waals surface area contributed by atoms with Crippen molar-refractivity contribution in [1.29, 1.82) is 0 Å². The predicted octanol–water partition coefficient (Wildman–Crippen LogP) is 5.84. The van der Waals surface area contributed by atoms with E-state index in [1.54, 1.807) is 0 Å². The fourth-order valence-electron chi connectivity index (χ4n) is 4.84. The zero-order valence-electron chi connectivity index (χ0n) is 35.1. The van der Waals surface area contributed by atoms with Gasteiger partial charge in [0, 0.05) is 13.0 Å². The van der Waals surface area contributed by atoms with Gasteiger partial charge in [0.15, 0.2) is 0 Å². The lowest BCUT2D eigenvalue weighted by molar-refractivity contribution is -0.145. The molecule has 0 bridgehead atoms. The Morgan fingerprint density at radius 1 is 0.255 bits per heavy atom. The van der Waals surface area contributed by atoms with Crippen LogP contribution < -0.4 is 0 Å². The number of carbonyl (C=O) groups excluding carboxylic acids is 1. The van der Waals surface area contributed by atoms with Crippen LogP contribution in [-0.4, -0.2) is 171 Å². The molecule has 0 heterocycles. The van der Waals surface area contributed by atoms with Gasteiger partial charge < -0.3 is 61.6 Å². The largest absolute Gasteiger partial charge is 0.463 e. The zero-order valence-corrected chi connectivity index (χ0v) is 35.1. The second-order valence-electron chi connectivity index (χ2n) is 12.9. The molecule has 0 spiro atoms. The van der Waals surface area contributed by atoms with E-state index in [4.69, 9.17) is 61.6 Å². The monoisotopic (exact) mass is 799 g/mol. The van der Waals surface area contributed by atoms with Crippen molar-refractivity contribution in [2.24, 2.45) is 0 Å². The average molecular weight is 799 g/mol. The molecule has 0 N–H and O–H groups in total. The van der Waals surface area contributed by atoms with Gasteiger partial charge in [-0.15, -0.1) is 0 Å². The molecule has 14 nitrogen and oxygen atoms in total. The Labute approximate surface area is 334 Å². The average Bonchev–Trinajstić information content (AvgIpc) is 3.19. The first kappa shape index (κ1) is 54.0. The van der Waals surface area contributed by atoms with Crippen LogP contribution in [0.3, 0.4) is 0 Å². The van der Waals surface area contributed by atoms with Gasteiger partial charge in [0.1, 0.15) is 6.61 Å². The number of ether oxygens (including phenoxy) is 13. The maximum atomic E-state index is 11.7. The highest BCUT2D eigenvalue weighted by molar-refractivity contribution is 5.69. The molecule has 0 aromatic carbocycles. The van der Waals surface area contributed by atoms with Crippen LogP contribution in [-0.2, 0) is 66.4 Å². The maximum Gasteiger partial charge on any atom is 0.305 e. The quantitative estimate of drug-likeness (QED) is 0.0539. The lowest BCUT2D eigenvalue weighted by Gasteiger charge is -2.09. The normalized spacial score (nSPS) is 11.5. The molecule has 0 rings (SSSR count). The minimum atomic E-state index is -0.143. The van der Waals surface area contributed by atoms with Gasteiger partial charge in [-0.3, -0.25) is 4.79 Å². The molecule has 0 radical (unpaired) electrons. The molecule has 0 aliphatic carbocycles. The lowest BCUT2D eigenvalue weighted by Crippen LogP contribution is -2.15. The zero-order chi connectivity index (χ0) is 39.6. The number of hydrogen-bond donors (Lipinski definition) is 0. The Morgan fingerprint density at radius 2 is 0.473 bits per heavy atom. The number of esters is 1. The van der Waals surface area contributed by atoms with Crippen LogP contribution in [0.2, 0.25) is 0 Å². The third-order valence-corrected chi connectivity index (χ3v) is 7.96. The number of rotatable bonds is 50. The van der Waals surface area contributed by atoms with E-state index in [1.165, 1.54) is 57.8 Å². The number of carbonyl (C=O) groups is 1. The minimum absolute atomic E-state index is 0.143. The molecule has 55 heavy (non-hydrogen) atoms. The molecular weight excluding hydrogens is 716 g/mol. The van der Waals surface area contributed by atoms with E-state index in [-0.39, 0.29) is 12.6 Å². The molecule has 0 unspecified atom stereocenters. The highest BCUT2D eigenvalue weighted by Crippen LogP contribution is 2.07. The molecule has 330 valence electrons. The molecule has 0 saturated carbocycles. The summed E-state index contributed by atoms with van der Waals surface area (Å²) in [5.74, 6) is -0.143. The van der Waals surface area contributed by atoms with Gasteiger partial charge in [-0.1, -0.05) is 78.1 Å². The van der Waals surface area contributed by atoms with Gasteiger partial charge in [-0.2, -0.15) is 0 Å². The highest BCUT2D eigenvalue weighted by atomic mass is 16.6. The highest BCUT2D eigenvalue weighted by Gasteiger charge is 2.03. The van der Waals surface area contributed by atoms with Crippen molar-refractivity contribution >= 4 is 5.97 Å². The summed E-state index contributed by atoms with van der Waals surface area (Å²) in [5.41, 5.74) is 0. The predicted molar refractivity (Wildman–Crippen MR) is 212 cm³/mol. The fraction of sp³-hybridized carbons (Fsp3) is 0.976. The summed E-state index contributed by atoms with van der Waals surface area (Å²) in [6.45, 7) is 17.3. The summed E-state index contributed by atoms with van der Waals surface area (Å²) >= 11 is 0. The van der Waals surface area contributed by atoms with E-state index in [1.807, 2.05) is 0 Å². The first-order valence-electron chi connectivity index (χ1n) is 21.4. The van der Waals surface area contributed by atoms with Crippen LogP contribution in [0.15, 0.2) is 0 Å². The van der Waals surface area contributed by atoms with Crippen molar-refractivity contribution < 1.29 is 66.4 Å². The van der Waals surface area contributed by atoms with Crippen LogP contribution in [0.1, 0.15) is 97.3 Å². The van der Waals surface area contributed by atoms with Crippen LogP contribution >= 0.6 is 0 Å². The first-order valence-corrected chi connectivity index (χ1v) is 21.4. The summed E-state index contributed by atoms with van der Waals surface area (Å²) in [6, 6.07) is 0. The molecule has 0 saturated heterocycles. The molecule has 0 fully saturated rings. The summed E-state index contributed by atoms with van der Waals surface area (Å²) < 4.78 is 71.2. The standard InChI is InChI=1S/C41H82O14/c1-3-5-7-9-11-13-15-41(42)55-40-39-54-38-37-53-36-35-52-34-33-51-32-31-50-30-29-49-28-27-48-26-25-47-24-23-46-22-21-45-20-19-44-18-17-43-16-14-12-10-8-6-4-2/h3-40H2,1-2H3. The third-order valence-electron chi connectivity index (χ3n) is 7.96. The van der Waals surface area contributed by atoms with Crippen molar-refractivity contribution in [2.75, 3.05) is 165 Å². The Hall–Kier alpha value is -1.01. The first-order chi connectivity index (χ1) is 27.3. The molecule has 0 amide bonds. The summed E-state index contributed by atoms with van der Waals surface area (Å²) in [6.07, 6.45) is 15.1. The van der Waals surface area contributed by atoms with E-state index in [2.05, 4.69) is 13.8 Å². The molecule has 0 aromatic heterocycles. The van der Waals surface area contributed by atoms with Crippen molar-refractivity contribution in [1.82, 2.24) is 0 Å². The van der Waals surface area contributed by atoms with Crippen LogP contribution in [0.5, 0.6) is 0 Å². The van der Waals surface area contributed by atoms with Gasteiger partial charge in [0.25, 0.3) is 0 Å². The number of unbranched alkanes of at least 4 members (excludes halogenated alkanes) is 10. The van der Waals surface area contributed by atoms with Crippen LogP contribution in [0.25, 0.3) is 0 Å². The molecule has 0 aromatic rings. The molecular formula is C41H82O14. The van der Waals surface area contributed by atoms with E-state index in [9.17, 15) is 4.79 Å². The van der Waals surface area contributed by atoms with Gasteiger partial charge in [-0.25, -0.2) is 0 Å². The van der Waals surface area contributed by atoms with Gasteiger partial charge in [0.05, 0.1) is 152 Å². The van der Waals surface area contributed by atoms with E-state index in [0.29, 0.717) is 158 Å². The molecule has 14 heteroatoms. The summed E-state index contributed by atoms with van der Waals surface area (Å²) in [5, 5.41) is 0. The second-order valence-corrected chi connectivity index (χ2v) is 12.9. The van der Waals surface area contributed by atoms with E-state index in [0.717, 1.165) is 25.9 Å². The lowest BCUT2D eigenvalue weighted by atomic mass is 10.1. The topological polar surface area (TPSA) is 137 Å². The fourth-order valence-corrected chi connectivity index (χ4v) is 4.84. The Kier molecular flexibility index (Phi) is 50.1. The van der Waals surface area contributed by atoms with E-state index >= 15 is 0 Å². The number of hydrogen-bond acceptors (Lipinski definition) is 14. The van der Waals surface area contributed by atoms with E-state index < -0.39 is 0 Å². The third kappa shape index (κ3) is 51.0. The Balaban J connectivity index is 3.09. The maximum absolute atomic E-state index is 11.7. The molecule has 0 aliphatic heterocycles. The van der Waals surface area contributed by atoms with Crippen molar-refractivity contribution in [3.8, 4) is 0 Å².